The van der Waals surface area contributed by atoms with E-state index in [0.29, 0.717) is 12.2 Å². The molecule has 0 aromatic heterocycles. The first-order valence-corrected chi connectivity index (χ1v) is 6.77. The zero-order chi connectivity index (χ0) is 7.68. The van der Waals surface area contributed by atoms with E-state index >= 15 is 0 Å². The molecule has 1 saturated carbocycles. The molecule has 1 N–H and O–H groups in total. The molecule has 1 aliphatic heterocycles. The van der Waals surface area contributed by atoms with Crippen molar-refractivity contribution in [2.75, 3.05) is 4.43 Å². The standard InChI is InChI=1S/C8H14IO2/c10-9-4-3-6-1-2-7-8(5-6)11-7/h6-8,10H,1-5H2/q-1. The van der Waals surface area contributed by atoms with Crippen LogP contribution in [0.25, 0.3) is 0 Å². The molecule has 1 saturated heterocycles. The molecular formula is C8H14IO2-. The number of fused-ring (bicyclic) bond motifs is 1. The fourth-order valence-electron chi connectivity index (χ4n) is 1.95. The topological polar surface area (TPSA) is 32.8 Å². The zero-order valence-electron chi connectivity index (χ0n) is 6.50. The molecule has 2 fully saturated rings. The Morgan fingerprint density at radius 1 is 1.36 bits per heavy atom. The van der Waals surface area contributed by atoms with Crippen LogP contribution in [0.4, 0.5) is 0 Å². The van der Waals surface area contributed by atoms with E-state index in [1.54, 1.807) is 0 Å². The summed E-state index contributed by atoms with van der Waals surface area (Å²) >= 11 is -0.461. The van der Waals surface area contributed by atoms with Crippen LogP contribution < -0.4 is 21.6 Å². The van der Waals surface area contributed by atoms with Gasteiger partial charge in [-0.3, -0.25) is 0 Å². The summed E-state index contributed by atoms with van der Waals surface area (Å²) in [6.07, 6.45) is 6.38. The Morgan fingerprint density at radius 2 is 2.27 bits per heavy atom. The van der Waals surface area contributed by atoms with Crippen molar-refractivity contribution in [1.29, 1.82) is 0 Å². The monoisotopic (exact) mass is 269 g/mol. The third-order valence-corrected chi connectivity index (χ3v) is 3.82. The van der Waals surface area contributed by atoms with Gasteiger partial charge in [-0.1, -0.05) is 0 Å². The molecule has 0 amide bonds. The Bertz CT molecular complexity index is 140. The molecule has 1 aliphatic carbocycles. The Labute approximate surface area is 78.1 Å². The van der Waals surface area contributed by atoms with Gasteiger partial charge in [-0.05, 0) is 0 Å². The molecule has 3 unspecified atom stereocenters. The number of rotatable bonds is 3. The van der Waals surface area contributed by atoms with Gasteiger partial charge >= 0.3 is 78.0 Å². The van der Waals surface area contributed by atoms with Crippen LogP contribution in [0.2, 0.25) is 0 Å². The van der Waals surface area contributed by atoms with Crippen LogP contribution in [0.5, 0.6) is 0 Å². The normalized spacial score (nSPS) is 42.1. The van der Waals surface area contributed by atoms with Gasteiger partial charge in [0.1, 0.15) is 0 Å². The van der Waals surface area contributed by atoms with Gasteiger partial charge in [0, 0.05) is 0 Å². The third kappa shape index (κ3) is 2.06. The maximum absolute atomic E-state index is 8.75. The Hall–Kier alpha value is 0.650. The molecule has 0 radical (unpaired) electrons. The molecule has 0 spiro atoms. The van der Waals surface area contributed by atoms with E-state index in [0.717, 1.165) is 10.3 Å². The summed E-state index contributed by atoms with van der Waals surface area (Å²) in [7, 11) is 0. The molecule has 3 atom stereocenters. The molecule has 2 nitrogen and oxygen atoms in total. The second-order valence-corrected chi connectivity index (χ2v) is 5.25. The van der Waals surface area contributed by atoms with E-state index in [1.165, 1.54) is 25.7 Å². The second kappa shape index (κ2) is 3.58. The van der Waals surface area contributed by atoms with Crippen molar-refractivity contribution >= 4 is 0 Å². The van der Waals surface area contributed by atoms with Crippen LogP contribution in [-0.2, 0) is 4.74 Å². The van der Waals surface area contributed by atoms with Crippen molar-refractivity contribution in [1.82, 2.24) is 0 Å². The van der Waals surface area contributed by atoms with Crippen molar-refractivity contribution in [2.24, 2.45) is 5.92 Å². The van der Waals surface area contributed by atoms with Crippen LogP contribution in [0.3, 0.4) is 0 Å². The third-order valence-electron chi connectivity index (χ3n) is 2.71. The van der Waals surface area contributed by atoms with Crippen LogP contribution >= 0.6 is 0 Å². The summed E-state index contributed by atoms with van der Waals surface area (Å²) in [5.41, 5.74) is 0. The first kappa shape index (κ1) is 8.26. The second-order valence-electron chi connectivity index (χ2n) is 3.49. The summed E-state index contributed by atoms with van der Waals surface area (Å²) in [6, 6.07) is 0. The van der Waals surface area contributed by atoms with Crippen LogP contribution in [0.15, 0.2) is 0 Å². The average Bonchev–Trinajstić information content (AvgIpc) is 2.78. The van der Waals surface area contributed by atoms with Gasteiger partial charge in [0.15, 0.2) is 0 Å². The quantitative estimate of drug-likeness (QED) is 0.363. The van der Waals surface area contributed by atoms with Gasteiger partial charge in [-0.25, -0.2) is 0 Å². The number of hydrogen-bond acceptors (Lipinski definition) is 2. The molecule has 3 heteroatoms. The van der Waals surface area contributed by atoms with E-state index in [9.17, 15) is 0 Å². The van der Waals surface area contributed by atoms with Crippen LogP contribution in [0, 0.1) is 5.92 Å². The number of alkyl halides is 1. The zero-order valence-corrected chi connectivity index (χ0v) is 8.66. The van der Waals surface area contributed by atoms with Crippen molar-refractivity contribution in [3.63, 3.8) is 0 Å². The summed E-state index contributed by atoms with van der Waals surface area (Å²) < 4.78 is 15.3. The van der Waals surface area contributed by atoms with Crippen LogP contribution in [-0.4, -0.2) is 20.1 Å². The summed E-state index contributed by atoms with van der Waals surface area (Å²) in [4.78, 5) is 0. The molecule has 0 aromatic rings. The number of hydrogen-bond donors (Lipinski definition) is 1. The van der Waals surface area contributed by atoms with E-state index in [2.05, 4.69) is 0 Å². The molecule has 0 bridgehead atoms. The van der Waals surface area contributed by atoms with Gasteiger partial charge in [0.25, 0.3) is 0 Å². The molecule has 2 rings (SSSR count). The minimum atomic E-state index is -0.461. The molecule has 1 heterocycles. The van der Waals surface area contributed by atoms with Gasteiger partial charge in [-0.2, -0.15) is 0 Å². The van der Waals surface area contributed by atoms with Gasteiger partial charge < -0.3 is 0 Å². The van der Waals surface area contributed by atoms with Gasteiger partial charge in [-0.15, -0.1) is 0 Å². The number of ether oxygens (including phenoxy) is 1. The van der Waals surface area contributed by atoms with Crippen molar-refractivity contribution < 1.29 is 29.8 Å². The summed E-state index contributed by atoms with van der Waals surface area (Å²) in [5, 5.41) is 0. The van der Waals surface area contributed by atoms with Gasteiger partial charge in [0.2, 0.25) is 0 Å². The molecule has 2 aliphatic rings. The number of halogens is 1. The van der Waals surface area contributed by atoms with E-state index < -0.39 is 21.6 Å². The Kier molecular flexibility index (Phi) is 2.69. The maximum atomic E-state index is 8.75. The fourth-order valence-corrected chi connectivity index (χ4v) is 3.11. The van der Waals surface area contributed by atoms with Crippen LogP contribution in [0.1, 0.15) is 25.7 Å². The fraction of sp³-hybridized carbons (Fsp3) is 1.00. The average molecular weight is 269 g/mol. The van der Waals surface area contributed by atoms with E-state index in [1.807, 2.05) is 0 Å². The summed E-state index contributed by atoms with van der Waals surface area (Å²) in [5.74, 6) is 0.866. The Balaban J connectivity index is 1.68. The predicted molar refractivity (Wildman–Crippen MR) is 37.7 cm³/mol. The SMILES string of the molecule is O[I-]CCC1CCC2OC2C1. The molecular weight excluding hydrogens is 255 g/mol. The first-order valence-electron chi connectivity index (χ1n) is 4.28. The van der Waals surface area contributed by atoms with Crippen molar-refractivity contribution in [3.8, 4) is 0 Å². The summed E-state index contributed by atoms with van der Waals surface area (Å²) in [6.45, 7) is 0. The number of epoxide rings is 1. The van der Waals surface area contributed by atoms with Crippen molar-refractivity contribution in [3.05, 3.63) is 0 Å². The Morgan fingerprint density at radius 3 is 3.00 bits per heavy atom. The molecule has 66 valence electrons. The van der Waals surface area contributed by atoms with E-state index in [4.69, 9.17) is 8.17 Å². The predicted octanol–water partition coefficient (Wildman–Crippen LogP) is -2.06. The first-order chi connectivity index (χ1) is 5.40. The van der Waals surface area contributed by atoms with E-state index in [-0.39, 0.29) is 0 Å². The molecule has 11 heavy (non-hydrogen) atoms. The van der Waals surface area contributed by atoms with Crippen molar-refractivity contribution in [2.45, 2.75) is 37.9 Å². The minimum absolute atomic E-state index is 0.461. The van der Waals surface area contributed by atoms with Gasteiger partial charge in [0.05, 0.1) is 0 Å². The molecule has 0 aromatic carbocycles.